The zero-order valence-corrected chi connectivity index (χ0v) is 10.3. The lowest BCUT2D eigenvalue weighted by atomic mass is 10.0. The first-order valence-electron chi connectivity index (χ1n) is 5.39. The van der Waals surface area contributed by atoms with E-state index in [1.807, 2.05) is 13.0 Å². The highest BCUT2D eigenvalue weighted by Gasteiger charge is 2.09. The van der Waals surface area contributed by atoms with Crippen LogP contribution in [-0.4, -0.2) is 5.38 Å². The van der Waals surface area contributed by atoms with Crippen LogP contribution in [0.5, 0.6) is 0 Å². The fraction of sp³-hybridized carbons (Fsp3) is 0.538. The molecule has 0 amide bonds. The number of halogens is 2. The van der Waals surface area contributed by atoms with Gasteiger partial charge in [0, 0.05) is 5.38 Å². The summed E-state index contributed by atoms with van der Waals surface area (Å²) in [6.45, 7) is 6.12. The van der Waals surface area contributed by atoms with Crippen molar-refractivity contribution < 1.29 is 4.39 Å². The predicted molar refractivity (Wildman–Crippen MR) is 63.9 cm³/mol. The molecule has 1 unspecified atom stereocenters. The van der Waals surface area contributed by atoms with Crippen molar-refractivity contribution in [1.29, 1.82) is 0 Å². The van der Waals surface area contributed by atoms with Gasteiger partial charge in [0.1, 0.15) is 5.82 Å². The van der Waals surface area contributed by atoms with E-state index in [-0.39, 0.29) is 11.2 Å². The molecule has 1 aromatic carbocycles. The van der Waals surface area contributed by atoms with Gasteiger partial charge in [0.25, 0.3) is 0 Å². The highest BCUT2D eigenvalue weighted by molar-refractivity contribution is 6.20. The van der Waals surface area contributed by atoms with Crippen LogP contribution in [0.2, 0.25) is 0 Å². The van der Waals surface area contributed by atoms with E-state index < -0.39 is 0 Å². The highest BCUT2D eigenvalue weighted by atomic mass is 35.5. The van der Waals surface area contributed by atoms with Crippen LogP contribution < -0.4 is 0 Å². The Balaban J connectivity index is 2.57. The molecule has 0 aliphatic carbocycles. The molecule has 0 N–H and O–H groups in total. The van der Waals surface area contributed by atoms with E-state index >= 15 is 0 Å². The predicted octanol–water partition coefficient (Wildman–Crippen LogP) is 4.33. The molecule has 1 rings (SSSR count). The Morgan fingerprint density at radius 2 is 1.93 bits per heavy atom. The summed E-state index contributed by atoms with van der Waals surface area (Å²) < 4.78 is 13.1. The molecule has 0 aliphatic rings. The zero-order chi connectivity index (χ0) is 11.4. The zero-order valence-electron chi connectivity index (χ0n) is 9.56. The standard InChI is InChI=1S/C13H18ClF/c1-9(2)13(14)5-4-11-6-10(3)7-12(15)8-11/h6-9,13H,4-5H2,1-3H3. The van der Waals surface area contributed by atoms with E-state index in [9.17, 15) is 4.39 Å². The number of alkyl halides is 1. The molecule has 2 heteroatoms. The van der Waals surface area contributed by atoms with Crippen LogP contribution in [0.3, 0.4) is 0 Å². The van der Waals surface area contributed by atoms with Crippen molar-refractivity contribution in [2.24, 2.45) is 5.92 Å². The molecule has 0 saturated heterocycles. The maximum absolute atomic E-state index is 13.1. The molecule has 0 bridgehead atoms. The molecular weight excluding hydrogens is 211 g/mol. The van der Waals surface area contributed by atoms with Crippen molar-refractivity contribution in [3.8, 4) is 0 Å². The Morgan fingerprint density at radius 3 is 2.47 bits per heavy atom. The van der Waals surface area contributed by atoms with Gasteiger partial charge in [-0.1, -0.05) is 19.9 Å². The maximum atomic E-state index is 13.1. The normalized spacial score (nSPS) is 13.2. The number of hydrogen-bond donors (Lipinski definition) is 0. The third-order valence-corrected chi connectivity index (χ3v) is 3.26. The second-order valence-electron chi connectivity index (χ2n) is 4.44. The molecule has 1 atom stereocenters. The van der Waals surface area contributed by atoms with Gasteiger partial charge in [0.2, 0.25) is 0 Å². The number of aryl methyl sites for hydroxylation is 2. The van der Waals surface area contributed by atoms with Gasteiger partial charge in [-0.3, -0.25) is 0 Å². The van der Waals surface area contributed by atoms with Crippen LogP contribution in [0, 0.1) is 18.7 Å². The van der Waals surface area contributed by atoms with E-state index in [4.69, 9.17) is 11.6 Å². The first-order chi connectivity index (χ1) is 6.99. The minimum Gasteiger partial charge on any atom is -0.207 e. The van der Waals surface area contributed by atoms with Gasteiger partial charge in [0.05, 0.1) is 0 Å². The Hall–Kier alpha value is -0.560. The molecule has 0 radical (unpaired) electrons. The second-order valence-corrected chi connectivity index (χ2v) is 5.00. The summed E-state index contributed by atoms with van der Waals surface area (Å²) in [6, 6.07) is 5.16. The molecule has 0 saturated carbocycles. The van der Waals surface area contributed by atoms with Crippen molar-refractivity contribution >= 4 is 11.6 Å². The number of hydrogen-bond acceptors (Lipinski definition) is 0. The molecule has 1 aromatic rings. The van der Waals surface area contributed by atoms with Crippen LogP contribution in [0.25, 0.3) is 0 Å². The lowest BCUT2D eigenvalue weighted by molar-refractivity contribution is 0.563. The molecule has 0 spiro atoms. The number of rotatable bonds is 4. The topological polar surface area (TPSA) is 0 Å². The van der Waals surface area contributed by atoms with E-state index in [1.54, 1.807) is 12.1 Å². The minimum absolute atomic E-state index is 0.152. The van der Waals surface area contributed by atoms with E-state index in [1.165, 1.54) is 0 Å². The molecular formula is C13H18ClF. The van der Waals surface area contributed by atoms with E-state index in [0.29, 0.717) is 5.92 Å². The molecule has 0 aliphatic heterocycles. The second kappa shape index (κ2) is 5.50. The van der Waals surface area contributed by atoms with Gasteiger partial charge < -0.3 is 0 Å². The van der Waals surface area contributed by atoms with Gasteiger partial charge in [-0.15, -0.1) is 11.6 Å². The fourth-order valence-electron chi connectivity index (χ4n) is 1.59. The average Bonchev–Trinajstić information content (AvgIpc) is 2.12. The monoisotopic (exact) mass is 228 g/mol. The quantitative estimate of drug-likeness (QED) is 0.673. The molecule has 84 valence electrons. The lowest BCUT2D eigenvalue weighted by Gasteiger charge is -2.13. The summed E-state index contributed by atoms with van der Waals surface area (Å²) >= 11 is 6.15. The molecule has 0 aromatic heterocycles. The lowest BCUT2D eigenvalue weighted by Crippen LogP contribution is -2.08. The summed E-state index contributed by atoms with van der Waals surface area (Å²) in [7, 11) is 0. The summed E-state index contributed by atoms with van der Waals surface area (Å²) in [6.07, 6.45) is 1.76. The minimum atomic E-state index is -0.152. The van der Waals surface area contributed by atoms with Gasteiger partial charge in [-0.25, -0.2) is 4.39 Å². The smallest absolute Gasteiger partial charge is 0.123 e. The van der Waals surface area contributed by atoms with Crippen molar-refractivity contribution in [2.75, 3.05) is 0 Å². The van der Waals surface area contributed by atoms with E-state index in [2.05, 4.69) is 13.8 Å². The third-order valence-electron chi connectivity index (χ3n) is 2.53. The Kier molecular flexibility index (Phi) is 4.59. The molecule has 0 heterocycles. The fourth-order valence-corrected chi connectivity index (χ4v) is 1.70. The first kappa shape index (κ1) is 12.5. The van der Waals surface area contributed by atoms with Crippen molar-refractivity contribution in [1.82, 2.24) is 0 Å². The Labute approximate surface area is 96.5 Å². The largest absolute Gasteiger partial charge is 0.207 e. The van der Waals surface area contributed by atoms with E-state index in [0.717, 1.165) is 24.0 Å². The van der Waals surface area contributed by atoms with Crippen molar-refractivity contribution in [2.45, 2.75) is 39.0 Å². The van der Waals surface area contributed by atoms with Gasteiger partial charge in [0.15, 0.2) is 0 Å². The van der Waals surface area contributed by atoms with Gasteiger partial charge in [-0.05, 0) is 48.9 Å². The van der Waals surface area contributed by atoms with Crippen molar-refractivity contribution in [3.05, 3.63) is 35.1 Å². The van der Waals surface area contributed by atoms with Crippen LogP contribution in [-0.2, 0) is 6.42 Å². The van der Waals surface area contributed by atoms with Crippen LogP contribution in [0.15, 0.2) is 18.2 Å². The van der Waals surface area contributed by atoms with Crippen LogP contribution >= 0.6 is 11.6 Å². The SMILES string of the molecule is Cc1cc(F)cc(CCC(Cl)C(C)C)c1. The number of benzene rings is 1. The molecule has 0 fully saturated rings. The van der Waals surface area contributed by atoms with Crippen LogP contribution in [0.1, 0.15) is 31.4 Å². The van der Waals surface area contributed by atoms with Gasteiger partial charge in [-0.2, -0.15) is 0 Å². The summed E-state index contributed by atoms with van der Waals surface area (Å²) in [4.78, 5) is 0. The molecule has 15 heavy (non-hydrogen) atoms. The first-order valence-corrected chi connectivity index (χ1v) is 5.83. The van der Waals surface area contributed by atoms with Crippen LogP contribution in [0.4, 0.5) is 4.39 Å². The van der Waals surface area contributed by atoms with Crippen molar-refractivity contribution in [3.63, 3.8) is 0 Å². The Bertz CT molecular complexity index is 300. The Morgan fingerprint density at radius 1 is 1.27 bits per heavy atom. The maximum Gasteiger partial charge on any atom is 0.123 e. The summed E-state index contributed by atoms with van der Waals surface area (Å²) in [5, 5.41) is 0.175. The van der Waals surface area contributed by atoms with Gasteiger partial charge >= 0.3 is 0 Å². The average molecular weight is 229 g/mol. The molecule has 0 nitrogen and oxygen atoms in total. The summed E-state index contributed by atoms with van der Waals surface area (Å²) in [5.41, 5.74) is 2.01. The summed E-state index contributed by atoms with van der Waals surface area (Å²) in [5.74, 6) is 0.321. The third kappa shape index (κ3) is 4.21. The highest BCUT2D eigenvalue weighted by Crippen LogP contribution is 2.18.